The van der Waals surface area contributed by atoms with Crippen molar-refractivity contribution >= 4 is 27.5 Å². The highest BCUT2D eigenvalue weighted by atomic mass is 79.9. The zero-order chi connectivity index (χ0) is 15.2. The van der Waals surface area contributed by atoms with Crippen molar-refractivity contribution in [3.63, 3.8) is 0 Å². The first kappa shape index (κ1) is 17.0. The van der Waals surface area contributed by atoms with Crippen molar-refractivity contribution in [1.82, 2.24) is 0 Å². The van der Waals surface area contributed by atoms with Crippen LogP contribution >= 0.6 is 27.5 Å². The highest BCUT2D eigenvalue weighted by Crippen LogP contribution is 2.44. The zero-order valence-corrected chi connectivity index (χ0v) is 15.2. The van der Waals surface area contributed by atoms with Crippen molar-refractivity contribution in [2.24, 2.45) is 5.92 Å². The van der Waals surface area contributed by atoms with Crippen molar-refractivity contribution < 1.29 is 9.47 Å². The van der Waals surface area contributed by atoms with Gasteiger partial charge in [-0.3, -0.25) is 0 Å². The number of halogens is 2. The van der Waals surface area contributed by atoms with Gasteiger partial charge in [0.1, 0.15) is 11.5 Å². The summed E-state index contributed by atoms with van der Waals surface area (Å²) in [6.45, 7) is 0. The molecule has 2 nitrogen and oxygen atoms in total. The van der Waals surface area contributed by atoms with Crippen molar-refractivity contribution in [2.75, 3.05) is 14.2 Å². The third-order valence-corrected chi connectivity index (χ3v) is 5.58. The summed E-state index contributed by atoms with van der Waals surface area (Å²) in [5, 5.41) is -0.0138. The predicted molar refractivity (Wildman–Crippen MR) is 91.6 cm³/mol. The molecule has 2 rings (SSSR count). The molecule has 0 aliphatic heterocycles. The fourth-order valence-electron chi connectivity index (χ4n) is 3.13. The Morgan fingerprint density at radius 2 is 1.57 bits per heavy atom. The molecule has 1 aliphatic rings. The molecule has 0 amide bonds. The molecule has 21 heavy (non-hydrogen) atoms. The highest BCUT2D eigenvalue weighted by molar-refractivity contribution is 9.10. The molecular formula is C17H24BrClO2. The summed E-state index contributed by atoms with van der Waals surface area (Å²) in [7, 11) is 3.37. The lowest BCUT2D eigenvalue weighted by atomic mass is 9.86. The van der Waals surface area contributed by atoms with E-state index in [9.17, 15) is 0 Å². The summed E-state index contributed by atoms with van der Waals surface area (Å²) in [5.41, 5.74) is 1.05. The number of methoxy groups -OCH3 is 2. The molecule has 118 valence electrons. The minimum absolute atomic E-state index is 0.0138. The first-order valence-corrected chi connectivity index (χ1v) is 8.95. The van der Waals surface area contributed by atoms with Gasteiger partial charge in [-0.2, -0.15) is 0 Å². The van der Waals surface area contributed by atoms with Crippen LogP contribution in [0.15, 0.2) is 16.6 Å². The van der Waals surface area contributed by atoms with E-state index in [1.54, 1.807) is 14.2 Å². The van der Waals surface area contributed by atoms with Gasteiger partial charge in [-0.25, -0.2) is 0 Å². The van der Waals surface area contributed by atoms with Gasteiger partial charge in [0.05, 0.1) is 24.1 Å². The van der Waals surface area contributed by atoms with E-state index >= 15 is 0 Å². The molecule has 1 unspecified atom stereocenters. The second kappa shape index (κ2) is 8.28. The summed E-state index contributed by atoms with van der Waals surface area (Å²) in [6, 6.07) is 3.96. The van der Waals surface area contributed by atoms with E-state index in [1.165, 1.54) is 44.9 Å². The average molecular weight is 376 g/mol. The van der Waals surface area contributed by atoms with Crippen LogP contribution in [0.25, 0.3) is 0 Å². The molecule has 1 fully saturated rings. The Morgan fingerprint density at radius 1 is 1.00 bits per heavy atom. The molecule has 0 N–H and O–H groups in total. The van der Waals surface area contributed by atoms with E-state index in [-0.39, 0.29) is 5.38 Å². The van der Waals surface area contributed by atoms with Crippen molar-refractivity contribution in [3.05, 3.63) is 22.2 Å². The number of benzene rings is 1. The maximum absolute atomic E-state index is 6.83. The van der Waals surface area contributed by atoms with Crippen molar-refractivity contribution in [3.8, 4) is 11.5 Å². The minimum Gasteiger partial charge on any atom is -0.496 e. The molecule has 1 aromatic rings. The van der Waals surface area contributed by atoms with Crippen LogP contribution in [0.1, 0.15) is 55.9 Å². The molecule has 0 saturated heterocycles. The monoisotopic (exact) mass is 374 g/mol. The maximum atomic E-state index is 6.83. The molecule has 0 aromatic heterocycles. The molecule has 0 heterocycles. The Bertz CT molecular complexity index is 456. The normalized spacial score (nSPS) is 18.7. The second-order valence-corrected chi connectivity index (χ2v) is 7.06. The smallest absolute Gasteiger partial charge is 0.133 e. The summed E-state index contributed by atoms with van der Waals surface area (Å²) in [5.74, 6) is 2.17. The summed E-state index contributed by atoms with van der Waals surface area (Å²) in [4.78, 5) is 0. The summed E-state index contributed by atoms with van der Waals surface area (Å²) in [6.07, 6.45) is 9.01. The molecule has 0 bridgehead atoms. The van der Waals surface area contributed by atoms with Crippen LogP contribution < -0.4 is 9.47 Å². The predicted octanol–water partition coefficient (Wildman–Crippen LogP) is 6.11. The Balaban J connectivity index is 2.25. The average Bonchev–Trinajstić information content (AvgIpc) is 2.46. The Hall–Kier alpha value is -0.410. The van der Waals surface area contributed by atoms with Gasteiger partial charge in [0.15, 0.2) is 0 Å². The Morgan fingerprint density at radius 3 is 2.14 bits per heavy atom. The Kier molecular flexibility index (Phi) is 6.69. The van der Waals surface area contributed by atoms with Gasteiger partial charge in [-0.1, -0.05) is 32.1 Å². The lowest BCUT2D eigenvalue weighted by molar-refractivity contribution is 0.354. The molecule has 4 heteroatoms. The van der Waals surface area contributed by atoms with Crippen LogP contribution in [0, 0.1) is 5.92 Å². The Labute approximate surface area is 141 Å². The maximum Gasteiger partial charge on any atom is 0.133 e. The van der Waals surface area contributed by atoms with E-state index in [0.29, 0.717) is 5.92 Å². The molecule has 1 atom stereocenters. The fourth-order valence-corrected chi connectivity index (χ4v) is 4.04. The van der Waals surface area contributed by atoms with Gasteiger partial charge >= 0.3 is 0 Å². The van der Waals surface area contributed by atoms with Crippen LogP contribution in [-0.4, -0.2) is 14.2 Å². The van der Waals surface area contributed by atoms with Crippen molar-refractivity contribution in [1.29, 1.82) is 0 Å². The van der Waals surface area contributed by atoms with Crippen molar-refractivity contribution in [2.45, 2.75) is 50.3 Å². The quantitative estimate of drug-likeness (QED) is 0.591. The minimum atomic E-state index is -0.0138. The van der Waals surface area contributed by atoms with E-state index in [2.05, 4.69) is 15.9 Å². The van der Waals surface area contributed by atoms with Gasteiger partial charge in [-0.05, 0) is 46.8 Å². The first-order valence-electron chi connectivity index (χ1n) is 7.73. The topological polar surface area (TPSA) is 18.5 Å². The van der Waals surface area contributed by atoms with Crippen LogP contribution in [0.2, 0.25) is 0 Å². The van der Waals surface area contributed by atoms with Crippen LogP contribution in [0.3, 0.4) is 0 Å². The molecule has 0 radical (unpaired) electrons. The van der Waals surface area contributed by atoms with Crippen LogP contribution in [0.5, 0.6) is 11.5 Å². The summed E-state index contributed by atoms with van der Waals surface area (Å²) < 4.78 is 11.8. The largest absolute Gasteiger partial charge is 0.496 e. The van der Waals surface area contributed by atoms with E-state index in [1.807, 2.05) is 12.1 Å². The second-order valence-electron chi connectivity index (χ2n) is 5.74. The SMILES string of the molecule is COc1cc(C(Cl)C2CCCCCCC2)c(OC)cc1Br. The molecule has 1 aliphatic carbocycles. The molecule has 1 saturated carbocycles. The van der Waals surface area contributed by atoms with Gasteiger partial charge in [-0.15, -0.1) is 11.6 Å². The van der Waals surface area contributed by atoms with Gasteiger partial charge < -0.3 is 9.47 Å². The van der Waals surface area contributed by atoms with E-state index in [4.69, 9.17) is 21.1 Å². The van der Waals surface area contributed by atoms with E-state index in [0.717, 1.165) is 21.5 Å². The number of hydrogen-bond donors (Lipinski definition) is 0. The first-order chi connectivity index (χ1) is 10.2. The van der Waals surface area contributed by atoms with Gasteiger partial charge in [0.2, 0.25) is 0 Å². The van der Waals surface area contributed by atoms with Gasteiger partial charge in [0.25, 0.3) is 0 Å². The number of ether oxygens (including phenoxy) is 2. The molecule has 0 spiro atoms. The number of alkyl halides is 1. The third kappa shape index (κ3) is 4.29. The third-order valence-electron chi connectivity index (χ3n) is 4.36. The number of rotatable bonds is 4. The van der Waals surface area contributed by atoms with E-state index < -0.39 is 0 Å². The van der Waals surface area contributed by atoms with Crippen LogP contribution in [-0.2, 0) is 0 Å². The highest BCUT2D eigenvalue weighted by Gasteiger charge is 2.25. The summed E-state index contributed by atoms with van der Waals surface area (Å²) >= 11 is 10.3. The lowest BCUT2D eigenvalue weighted by Gasteiger charge is -2.26. The number of hydrogen-bond acceptors (Lipinski definition) is 2. The zero-order valence-electron chi connectivity index (χ0n) is 12.8. The van der Waals surface area contributed by atoms with Gasteiger partial charge in [0, 0.05) is 5.56 Å². The van der Waals surface area contributed by atoms with Crippen LogP contribution in [0.4, 0.5) is 0 Å². The molecule has 1 aromatic carbocycles. The lowest BCUT2D eigenvalue weighted by Crippen LogP contribution is -2.11. The molecular weight excluding hydrogens is 352 g/mol. The fraction of sp³-hybridized carbons (Fsp3) is 0.647. The standard InChI is InChI=1S/C17H24BrClO2/c1-20-15-11-14(18)16(21-2)10-13(15)17(19)12-8-6-4-3-5-7-9-12/h10-12,17H,3-9H2,1-2H3.